The molecule has 22 heavy (non-hydrogen) atoms. The van der Waals surface area contributed by atoms with Gasteiger partial charge in [-0.15, -0.1) is 0 Å². The first-order chi connectivity index (χ1) is 10.4. The highest BCUT2D eigenvalue weighted by molar-refractivity contribution is 6.02. The Labute approximate surface area is 124 Å². The molecule has 0 heterocycles. The number of rotatable bonds is 6. The van der Waals surface area contributed by atoms with Crippen molar-refractivity contribution in [3.8, 4) is 0 Å². The molecule has 1 aliphatic carbocycles. The van der Waals surface area contributed by atoms with Gasteiger partial charge >= 0.3 is 0 Å². The van der Waals surface area contributed by atoms with Crippen LogP contribution in [0.25, 0.3) is 0 Å². The molecule has 0 unspecified atom stereocenters. The molecule has 1 aromatic rings. The van der Waals surface area contributed by atoms with Gasteiger partial charge in [0, 0.05) is 24.3 Å². The number of carbonyl (C=O) groups excluding carboxylic acids is 1. The van der Waals surface area contributed by atoms with E-state index in [9.17, 15) is 18.0 Å². The molecule has 0 atom stereocenters. The van der Waals surface area contributed by atoms with Crippen molar-refractivity contribution >= 4 is 24.7 Å². The largest absolute Gasteiger partial charge is 0.394 e. The maximum absolute atomic E-state index is 13.4. The standard InChI is InChI=1S/C14H14F3N3O2/c1-18-13(20-22-7-9-5-14(16,17)6-9)10-2-3-11(15)12(4-10)19-8-21/h2-4,8-9H,1,5-7H2,(H,19,21)/b20-13-. The number of halogens is 3. The van der Waals surface area contributed by atoms with Crippen LogP contribution in [0, 0.1) is 11.7 Å². The normalized spacial score (nSPS) is 17.5. The zero-order chi connectivity index (χ0) is 16.2. The minimum atomic E-state index is -2.61. The zero-order valence-electron chi connectivity index (χ0n) is 11.6. The SMILES string of the molecule is C=N/C(=N\OCC1CC(F)(F)C1)c1ccc(F)c(NC=O)c1. The van der Waals surface area contributed by atoms with Gasteiger partial charge < -0.3 is 10.2 Å². The Kier molecular flexibility index (Phi) is 4.79. The van der Waals surface area contributed by atoms with Gasteiger partial charge in [-0.1, -0.05) is 5.16 Å². The first kappa shape index (κ1) is 16.0. The molecule has 118 valence electrons. The summed E-state index contributed by atoms with van der Waals surface area (Å²) >= 11 is 0. The number of hydrogen-bond acceptors (Lipinski definition) is 3. The monoisotopic (exact) mass is 313 g/mol. The quantitative estimate of drug-likeness (QED) is 0.380. The van der Waals surface area contributed by atoms with Crippen LogP contribution in [0.3, 0.4) is 0 Å². The lowest BCUT2D eigenvalue weighted by atomic mass is 9.82. The van der Waals surface area contributed by atoms with Crippen LogP contribution in [0.1, 0.15) is 18.4 Å². The van der Waals surface area contributed by atoms with Crippen molar-refractivity contribution in [3.63, 3.8) is 0 Å². The molecule has 0 radical (unpaired) electrons. The first-order valence-electron chi connectivity index (χ1n) is 6.50. The summed E-state index contributed by atoms with van der Waals surface area (Å²) in [5.74, 6) is -3.40. The predicted molar refractivity (Wildman–Crippen MR) is 75.8 cm³/mol. The smallest absolute Gasteiger partial charge is 0.248 e. The first-order valence-corrected chi connectivity index (χ1v) is 6.50. The van der Waals surface area contributed by atoms with E-state index in [2.05, 4.69) is 22.2 Å². The fourth-order valence-electron chi connectivity index (χ4n) is 2.12. The minimum absolute atomic E-state index is 0.0394. The van der Waals surface area contributed by atoms with Crippen LogP contribution >= 0.6 is 0 Å². The number of anilines is 1. The van der Waals surface area contributed by atoms with Crippen LogP contribution in [0.2, 0.25) is 0 Å². The van der Waals surface area contributed by atoms with E-state index in [1.165, 1.54) is 12.1 Å². The molecule has 1 fully saturated rings. The van der Waals surface area contributed by atoms with Gasteiger partial charge in [0.05, 0.1) is 5.69 Å². The van der Waals surface area contributed by atoms with Crippen LogP contribution in [0.5, 0.6) is 0 Å². The van der Waals surface area contributed by atoms with E-state index in [-0.39, 0.29) is 36.9 Å². The van der Waals surface area contributed by atoms with Crippen molar-refractivity contribution in [1.29, 1.82) is 0 Å². The van der Waals surface area contributed by atoms with E-state index >= 15 is 0 Å². The van der Waals surface area contributed by atoms with Gasteiger partial charge in [0.1, 0.15) is 12.4 Å². The number of nitrogens with zero attached hydrogens (tertiary/aromatic N) is 2. The second kappa shape index (κ2) is 6.59. The number of nitrogens with one attached hydrogen (secondary N) is 1. The summed E-state index contributed by atoms with van der Waals surface area (Å²) in [6, 6.07) is 3.84. The number of amidine groups is 1. The van der Waals surface area contributed by atoms with Crippen molar-refractivity contribution in [2.45, 2.75) is 18.8 Å². The third kappa shape index (κ3) is 3.84. The number of amides is 1. The fraction of sp³-hybridized carbons (Fsp3) is 0.357. The van der Waals surface area contributed by atoms with Crippen molar-refractivity contribution in [2.75, 3.05) is 11.9 Å². The Bertz CT molecular complexity index is 597. The van der Waals surface area contributed by atoms with Crippen molar-refractivity contribution in [1.82, 2.24) is 0 Å². The van der Waals surface area contributed by atoms with Crippen LogP contribution < -0.4 is 5.32 Å². The summed E-state index contributed by atoms with van der Waals surface area (Å²) in [4.78, 5) is 19.0. The van der Waals surface area contributed by atoms with Gasteiger partial charge in [0.15, 0.2) is 5.84 Å². The highest BCUT2D eigenvalue weighted by atomic mass is 19.3. The summed E-state index contributed by atoms with van der Waals surface area (Å²) in [6.45, 7) is 3.38. The van der Waals surface area contributed by atoms with E-state index in [1.807, 2.05) is 0 Å². The Morgan fingerprint density at radius 2 is 2.23 bits per heavy atom. The molecule has 0 spiro atoms. The van der Waals surface area contributed by atoms with E-state index < -0.39 is 11.7 Å². The predicted octanol–water partition coefficient (Wildman–Crippen LogP) is 2.82. The average molecular weight is 313 g/mol. The molecular weight excluding hydrogens is 299 g/mol. The number of alkyl halides is 2. The molecule has 5 nitrogen and oxygen atoms in total. The fourth-order valence-corrected chi connectivity index (χ4v) is 2.12. The lowest BCUT2D eigenvalue weighted by Crippen LogP contribution is -2.37. The molecule has 8 heteroatoms. The molecule has 1 aromatic carbocycles. The summed E-state index contributed by atoms with van der Waals surface area (Å²) in [7, 11) is 0. The Hall–Kier alpha value is -2.38. The Morgan fingerprint density at radius 3 is 2.82 bits per heavy atom. The van der Waals surface area contributed by atoms with E-state index in [1.54, 1.807) is 0 Å². The molecule has 0 saturated heterocycles. The Morgan fingerprint density at radius 1 is 1.50 bits per heavy atom. The van der Waals surface area contributed by atoms with Crippen LogP contribution in [-0.4, -0.2) is 31.5 Å². The van der Waals surface area contributed by atoms with Crippen LogP contribution in [0.15, 0.2) is 28.3 Å². The lowest BCUT2D eigenvalue weighted by Gasteiger charge is -2.33. The summed E-state index contributed by atoms with van der Waals surface area (Å²) in [5.41, 5.74) is 0.335. The van der Waals surface area contributed by atoms with Gasteiger partial charge in [-0.05, 0) is 24.9 Å². The summed E-state index contributed by atoms with van der Waals surface area (Å²) in [6.07, 6.45) is -0.0970. The number of benzene rings is 1. The van der Waals surface area contributed by atoms with E-state index in [4.69, 9.17) is 4.84 Å². The third-order valence-corrected chi connectivity index (χ3v) is 3.22. The maximum Gasteiger partial charge on any atom is 0.248 e. The third-order valence-electron chi connectivity index (χ3n) is 3.22. The molecular formula is C14H14F3N3O2. The average Bonchev–Trinajstić information content (AvgIpc) is 2.44. The highest BCUT2D eigenvalue weighted by Crippen LogP contribution is 2.42. The van der Waals surface area contributed by atoms with Crippen molar-refractivity contribution in [3.05, 3.63) is 29.6 Å². The van der Waals surface area contributed by atoms with E-state index in [0.717, 1.165) is 6.07 Å². The van der Waals surface area contributed by atoms with Crippen LogP contribution in [0.4, 0.5) is 18.9 Å². The summed E-state index contributed by atoms with van der Waals surface area (Å²) in [5, 5.41) is 5.92. The number of carbonyl (C=O) groups is 1. The molecule has 0 bridgehead atoms. The van der Waals surface area contributed by atoms with E-state index in [0.29, 0.717) is 12.0 Å². The van der Waals surface area contributed by atoms with Crippen molar-refractivity contribution < 1.29 is 22.8 Å². The van der Waals surface area contributed by atoms with Gasteiger partial charge in [-0.25, -0.2) is 18.2 Å². The number of hydrogen-bond donors (Lipinski definition) is 1. The summed E-state index contributed by atoms with van der Waals surface area (Å²) < 4.78 is 38.7. The number of oxime groups is 1. The zero-order valence-corrected chi connectivity index (χ0v) is 11.6. The minimum Gasteiger partial charge on any atom is -0.394 e. The molecule has 1 aliphatic rings. The Balaban J connectivity index is 2.01. The second-order valence-corrected chi connectivity index (χ2v) is 4.96. The van der Waals surface area contributed by atoms with Gasteiger partial charge in [-0.2, -0.15) is 0 Å². The molecule has 1 saturated carbocycles. The molecule has 0 aromatic heterocycles. The van der Waals surface area contributed by atoms with Gasteiger partial charge in [0.2, 0.25) is 12.3 Å². The van der Waals surface area contributed by atoms with Crippen molar-refractivity contribution in [2.24, 2.45) is 16.1 Å². The molecule has 2 rings (SSSR count). The maximum atomic E-state index is 13.4. The molecule has 0 aliphatic heterocycles. The molecule has 1 amide bonds. The molecule has 1 N–H and O–H groups in total. The van der Waals surface area contributed by atoms with Crippen LogP contribution in [-0.2, 0) is 9.63 Å². The van der Waals surface area contributed by atoms with Gasteiger partial charge in [0.25, 0.3) is 0 Å². The highest BCUT2D eigenvalue weighted by Gasteiger charge is 2.45. The lowest BCUT2D eigenvalue weighted by molar-refractivity contribution is -0.128. The van der Waals surface area contributed by atoms with Gasteiger partial charge in [-0.3, -0.25) is 4.79 Å². The number of aliphatic imine (C=N–C) groups is 1. The second-order valence-electron chi connectivity index (χ2n) is 4.96. The topological polar surface area (TPSA) is 63.1 Å².